The molecule has 2 aromatic carbocycles. The van der Waals surface area contributed by atoms with Gasteiger partial charge in [-0.1, -0.05) is 24.3 Å². The Kier molecular flexibility index (Phi) is 5.15. The number of methoxy groups -OCH3 is 1. The number of fused-ring (bicyclic) bond motifs is 2. The molecule has 30 heavy (non-hydrogen) atoms. The third-order valence-corrected chi connectivity index (χ3v) is 5.94. The van der Waals surface area contributed by atoms with Crippen LogP contribution in [0.5, 0.6) is 11.5 Å². The van der Waals surface area contributed by atoms with Crippen LogP contribution in [0.25, 0.3) is 5.70 Å². The normalized spacial score (nSPS) is 17.5. The fraction of sp³-hybridized carbons (Fsp3) is 0.217. The zero-order valence-corrected chi connectivity index (χ0v) is 18.3. The van der Waals surface area contributed by atoms with Gasteiger partial charge in [0.05, 0.1) is 29.5 Å². The number of phenols is 1. The molecule has 2 N–H and O–H groups in total. The van der Waals surface area contributed by atoms with E-state index in [1.54, 1.807) is 25.1 Å². The van der Waals surface area contributed by atoms with Crippen LogP contribution in [0.15, 0.2) is 57.7 Å². The number of allylic oxidation sites excluding steroid dienone is 2. The second-order valence-corrected chi connectivity index (χ2v) is 7.89. The third kappa shape index (κ3) is 3.01. The van der Waals surface area contributed by atoms with Gasteiger partial charge in [0.2, 0.25) is 0 Å². The molecule has 2 aliphatic rings. The Morgan fingerprint density at radius 3 is 2.60 bits per heavy atom. The molecule has 6 nitrogen and oxygen atoms in total. The van der Waals surface area contributed by atoms with Crippen molar-refractivity contribution in [2.75, 3.05) is 13.7 Å². The molecule has 0 fully saturated rings. The maximum absolute atomic E-state index is 13.4. The van der Waals surface area contributed by atoms with Crippen LogP contribution in [0.1, 0.15) is 41.3 Å². The summed E-state index contributed by atoms with van der Waals surface area (Å²) in [5, 5.41) is 13.6. The van der Waals surface area contributed by atoms with Gasteiger partial charge in [-0.3, -0.25) is 4.79 Å². The molecule has 7 heteroatoms. The second-order valence-electron chi connectivity index (χ2n) is 7.03. The highest BCUT2D eigenvalue weighted by atomic mass is 79.9. The molecule has 0 saturated heterocycles. The van der Waals surface area contributed by atoms with E-state index in [0.29, 0.717) is 44.7 Å². The van der Waals surface area contributed by atoms with Gasteiger partial charge in [0, 0.05) is 28.3 Å². The number of hydrogen-bond donors (Lipinski definition) is 2. The van der Waals surface area contributed by atoms with Crippen molar-refractivity contribution in [2.24, 2.45) is 0 Å². The van der Waals surface area contributed by atoms with E-state index in [-0.39, 0.29) is 17.3 Å². The first kappa shape index (κ1) is 20.2. The molecular weight excluding hydrogens is 450 g/mol. The maximum Gasteiger partial charge on any atom is 0.336 e. The van der Waals surface area contributed by atoms with Crippen LogP contribution >= 0.6 is 15.9 Å². The number of ether oxygens (including phenoxy) is 2. The summed E-state index contributed by atoms with van der Waals surface area (Å²) in [4.78, 5) is 26.1. The van der Waals surface area contributed by atoms with Crippen molar-refractivity contribution < 1.29 is 24.2 Å². The number of aromatic hydroxyl groups is 1. The van der Waals surface area contributed by atoms with Crippen molar-refractivity contribution >= 4 is 33.4 Å². The number of halogens is 1. The number of esters is 1. The molecular formula is C23H20BrNO5. The topological polar surface area (TPSA) is 84.9 Å². The standard InChI is InChI=1S/C23H20BrNO5/c1-4-30-16-10-12(9-15(24)22(16)27)18-17(23(28)29-3)11(2)25-20-13-7-5-6-8-14(13)21(26)19(18)20/h5-10,18,25,27H,4H2,1-3H3/t18-/m1/s1. The van der Waals surface area contributed by atoms with Gasteiger partial charge in [0.15, 0.2) is 17.3 Å². The van der Waals surface area contributed by atoms with Crippen LogP contribution in [-0.4, -0.2) is 30.6 Å². The summed E-state index contributed by atoms with van der Waals surface area (Å²) in [6, 6.07) is 10.7. The van der Waals surface area contributed by atoms with E-state index in [1.807, 2.05) is 25.1 Å². The Morgan fingerprint density at radius 2 is 1.93 bits per heavy atom. The summed E-state index contributed by atoms with van der Waals surface area (Å²) in [7, 11) is 1.31. The minimum absolute atomic E-state index is 0.0370. The van der Waals surface area contributed by atoms with Gasteiger partial charge in [-0.25, -0.2) is 4.79 Å². The molecule has 0 unspecified atom stereocenters. The minimum atomic E-state index is -0.676. The quantitative estimate of drug-likeness (QED) is 0.649. The number of hydrogen-bond acceptors (Lipinski definition) is 6. The van der Waals surface area contributed by atoms with E-state index in [9.17, 15) is 14.7 Å². The van der Waals surface area contributed by atoms with Crippen molar-refractivity contribution in [2.45, 2.75) is 19.8 Å². The summed E-state index contributed by atoms with van der Waals surface area (Å²) < 4.78 is 11.0. The third-order valence-electron chi connectivity index (χ3n) is 5.34. The zero-order valence-electron chi connectivity index (χ0n) is 16.7. The number of benzene rings is 2. The van der Waals surface area contributed by atoms with Crippen molar-refractivity contribution in [3.8, 4) is 11.5 Å². The number of dihydropyridines is 1. The van der Waals surface area contributed by atoms with Crippen molar-refractivity contribution in [1.29, 1.82) is 0 Å². The first-order chi connectivity index (χ1) is 14.4. The van der Waals surface area contributed by atoms with E-state index in [0.717, 1.165) is 5.56 Å². The van der Waals surface area contributed by atoms with Gasteiger partial charge in [-0.2, -0.15) is 0 Å². The smallest absolute Gasteiger partial charge is 0.336 e. The molecule has 0 aromatic heterocycles. The lowest BCUT2D eigenvalue weighted by atomic mass is 9.79. The monoisotopic (exact) mass is 469 g/mol. The Morgan fingerprint density at radius 1 is 1.23 bits per heavy atom. The molecule has 2 aromatic rings. The highest BCUT2D eigenvalue weighted by molar-refractivity contribution is 9.10. The first-order valence-electron chi connectivity index (χ1n) is 9.48. The number of phenolic OH excluding ortho intramolecular Hbond substituents is 1. The van der Waals surface area contributed by atoms with E-state index in [1.165, 1.54) is 7.11 Å². The van der Waals surface area contributed by atoms with Gasteiger partial charge in [0.1, 0.15) is 0 Å². The summed E-state index contributed by atoms with van der Waals surface area (Å²) in [5.74, 6) is -1.11. The molecule has 4 rings (SSSR count). The average Bonchev–Trinajstić information content (AvgIpc) is 3.02. The molecule has 1 heterocycles. The van der Waals surface area contributed by atoms with Crippen molar-refractivity contribution in [3.05, 3.63) is 74.4 Å². The molecule has 0 saturated carbocycles. The van der Waals surface area contributed by atoms with Gasteiger partial charge in [-0.05, 0) is 47.5 Å². The minimum Gasteiger partial charge on any atom is -0.503 e. The zero-order chi connectivity index (χ0) is 21.6. The van der Waals surface area contributed by atoms with Crippen LogP contribution < -0.4 is 10.1 Å². The van der Waals surface area contributed by atoms with Crippen LogP contribution in [0.3, 0.4) is 0 Å². The maximum atomic E-state index is 13.4. The van der Waals surface area contributed by atoms with E-state index < -0.39 is 11.9 Å². The van der Waals surface area contributed by atoms with E-state index in [4.69, 9.17) is 9.47 Å². The lowest BCUT2D eigenvalue weighted by molar-refractivity contribution is -0.136. The summed E-state index contributed by atoms with van der Waals surface area (Å²) in [6.45, 7) is 3.95. The van der Waals surface area contributed by atoms with Crippen LogP contribution in [0, 0.1) is 0 Å². The largest absolute Gasteiger partial charge is 0.503 e. The highest BCUT2D eigenvalue weighted by Gasteiger charge is 2.43. The van der Waals surface area contributed by atoms with Crippen molar-refractivity contribution in [1.82, 2.24) is 5.32 Å². The number of rotatable bonds is 4. The molecule has 0 radical (unpaired) electrons. The van der Waals surface area contributed by atoms with Gasteiger partial charge < -0.3 is 19.9 Å². The van der Waals surface area contributed by atoms with Crippen LogP contribution in [0.4, 0.5) is 0 Å². The molecule has 0 spiro atoms. The number of carbonyl (C=O) groups excluding carboxylic acids is 2. The Hall–Kier alpha value is -3.06. The number of nitrogens with one attached hydrogen (secondary N) is 1. The average molecular weight is 470 g/mol. The molecule has 1 atom stereocenters. The summed E-state index contributed by atoms with van der Waals surface area (Å²) in [6.07, 6.45) is 0. The van der Waals surface area contributed by atoms with Crippen LogP contribution in [-0.2, 0) is 9.53 Å². The van der Waals surface area contributed by atoms with Crippen LogP contribution in [0.2, 0.25) is 0 Å². The van der Waals surface area contributed by atoms with E-state index in [2.05, 4.69) is 21.2 Å². The SMILES string of the molecule is CCOc1cc([C@@H]2C(C(=O)OC)=C(C)NC3=C2C(=O)c2ccccc23)cc(Br)c1O. The molecule has 154 valence electrons. The molecule has 1 aliphatic carbocycles. The van der Waals surface area contributed by atoms with Gasteiger partial charge in [-0.15, -0.1) is 0 Å². The fourth-order valence-electron chi connectivity index (χ4n) is 4.07. The van der Waals surface area contributed by atoms with Crippen molar-refractivity contribution in [3.63, 3.8) is 0 Å². The lowest BCUT2D eigenvalue weighted by Crippen LogP contribution is -2.29. The van der Waals surface area contributed by atoms with E-state index >= 15 is 0 Å². The summed E-state index contributed by atoms with van der Waals surface area (Å²) >= 11 is 3.36. The van der Waals surface area contributed by atoms with Gasteiger partial charge in [0.25, 0.3) is 0 Å². The predicted octanol–water partition coefficient (Wildman–Crippen LogP) is 4.29. The number of carbonyl (C=O) groups is 2. The molecule has 1 aliphatic heterocycles. The fourth-order valence-corrected chi connectivity index (χ4v) is 4.53. The van der Waals surface area contributed by atoms with Gasteiger partial charge >= 0.3 is 5.97 Å². The Labute approximate surface area is 182 Å². The first-order valence-corrected chi connectivity index (χ1v) is 10.3. The Bertz CT molecular complexity index is 1150. The number of Topliss-reactive ketones (excluding diaryl/α,β-unsaturated/α-hetero) is 1. The highest BCUT2D eigenvalue weighted by Crippen LogP contribution is 2.49. The second kappa shape index (κ2) is 7.65. The predicted molar refractivity (Wildman–Crippen MR) is 115 cm³/mol. The molecule has 0 bridgehead atoms. The molecule has 0 amide bonds. The number of ketones is 1. The lowest BCUT2D eigenvalue weighted by Gasteiger charge is -2.29. The summed E-state index contributed by atoms with van der Waals surface area (Å²) in [5.41, 5.74) is 4.14. The Balaban J connectivity index is 1.97.